The number of rotatable bonds is 6. The van der Waals surface area contributed by atoms with Crippen LogP contribution in [-0.2, 0) is 9.53 Å². The molecule has 0 aliphatic rings. The van der Waals surface area contributed by atoms with Gasteiger partial charge in [0.15, 0.2) is 0 Å². The maximum atomic E-state index is 12.1. The summed E-state index contributed by atoms with van der Waals surface area (Å²) >= 11 is 0. The first kappa shape index (κ1) is 16.8. The van der Waals surface area contributed by atoms with Gasteiger partial charge in [0.25, 0.3) is 0 Å². The molecule has 6 heteroatoms. The van der Waals surface area contributed by atoms with Gasteiger partial charge in [0, 0.05) is 20.6 Å². The minimum atomic E-state index is -0.435. The summed E-state index contributed by atoms with van der Waals surface area (Å²) in [6.07, 6.45) is 0. The number of nitrogens with zero attached hydrogens (tertiary/aromatic N) is 2. The van der Waals surface area contributed by atoms with Crippen LogP contribution in [0.2, 0.25) is 0 Å². The van der Waals surface area contributed by atoms with Gasteiger partial charge < -0.3 is 20.3 Å². The number of esters is 1. The highest BCUT2D eigenvalue weighted by Crippen LogP contribution is 2.28. The zero-order valence-electron chi connectivity index (χ0n) is 13.0. The lowest BCUT2D eigenvalue weighted by Crippen LogP contribution is -2.37. The molecule has 2 N–H and O–H groups in total. The van der Waals surface area contributed by atoms with Gasteiger partial charge >= 0.3 is 5.97 Å². The molecule has 1 aromatic carbocycles. The van der Waals surface area contributed by atoms with Crippen molar-refractivity contribution in [2.75, 3.05) is 44.4 Å². The van der Waals surface area contributed by atoms with Gasteiger partial charge in [-0.1, -0.05) is 6.07 Å². The average molecular weight is 293 g/mol. The first-order valence-corrected chi connectivity index (χ1v) is 6.93. The molecular formula is C15H23N3O3. The van der Waals surface area contributed by atoms with E-state index >= 15 is 0 Å². The number of amides is 1. The number of carbonyl (C=O) groups excluding carboxylic acids is 2. The second-order valence-corrected chi connectivity index (χ2v) is 4.77. The summed E-state index contributed by atoms with van der Waals surface area (Å²) in [5, 5.41) is 0. The summed E-state index contributed by atoms with van der Waals surface area (Å²) < 4.78 is 5.05. The van der Waals surface area contributed by atoms with E-state index in [2.05, 4.69) is 0 Å². The summed E-state index contributed by atoms with van der Waals surface area (Å²) in [4.78, 5) is 27.3. The molecule has 0 spiro atoms. The molecule has 0 unspecified atom stereocenters. The standard InChI is InChI=1S/C15H23N3O3/c1-5-18(10-13(19)17(3)4)14-11(15(20)21-6-2)8-7-9-12(14)16/h7-9H,5-6,10,16H2,1-4H3. The average Bonchev–Trinajstić information content (AvgIpc) is 2.44. The molecular weight excluding hydrogens is 270 g/mol. The van der Waals surface area contributed by atoms with Crippen LogP contribution in [0.25, 0.3) is 0 Å². The van der Waals surface area contributed by atoms with Crippen LogP contribution in [0.4, 0.5) is 11.4 Å². The number of hydrogen-bond donors (Lipinski definition) is 1. The predicted molar refractivity (Wildman–Crippen MR) is 83.4 cm³/mol. The van der Waals surface area contributed by atoms with Crippen molar-refractivity contribution in [2.24, 2.45) is 0 Å². The van der Waals surface area contributed by atoms with Crippen LogP contribution in [-0.4, -0.2) is 50.6 Å². The van der Waals surface area contributed by atoms with Crippen molar-refractivity contribution < 1.29 is 14.3 Å². The van der Waals surface area contributed by atoms with E-state index in [1.807, 2.05) is 6.92 Å². The molecule has 0 saturated carbocycles. The van der Waals surface area contributed by atoms with E-state index in [0.717, 1.165) is 0 Å². The first-order chi connectivity index (χ1) is 9.92. The molecule has 116 valence electrons. The Kier molecular flexibility index (Phi) is 6.02. The van der Waals surface area contributed by atoms with Crippen LogP contribution in [0.1, 0.15) is 24.2 Å². The van der Waals surface area contributed by atoms with E-state index < -0.39 is 5.97 Å². The predicted octanol–water partition coefficient (Wildman–Crippen LogP) is 1.36. The second kappa shape index (κ2) is 7.52. The molecule has 0 atom stereocenters. The highest BCUT2D eigenvalue weighted by Gasteiger charge is 2.21. The monoisotopic (exact) mass is 293 g/mol. The molecule has 1 rings (SSSR count). The first-order valence-electron chi connectivity index (χ1n) is 6.93. The molecule has 0 radical (unpaired) electrons. The van der Waals surface area contributed by atoms with Crippen molar-refractivity contribution >= 4 is 23.3 Å². The summed E-state index contributed by atoms with van der Waals surface area (Å²) in [7, 11) is 3.38. The Morgan fingerprint density at radius 2 is 1.90 bits per heavy atom. The fourth-order valence-corrected chi connectivity index (χ4v) is 1.94. The Bertz CT molecular complexity index is 515. The quantitative estimate of drug-likeness (QED) is 0.633. The highest BCUT2D eigenvalue weighted by molar-refractivity contribution is 6.00. The van der Waals surface area contributed by atoms with Gasteiger partial charge in [0.05, 0.1) is 30.1 Å². The number of ether oxygens (including phenoxy) is 1. The van der Waals surface area contributed by atoms with Gasteiger partial charge in [0.1, 0.15) is 0 Å². The van der Waals surface area contributed by atoms with Crippen molar-refractivity contribution in [3.05, 3.63) is 23.8 Å². The highest BCUT2D eigenvalue weighted by atomic mass is 16.5. The lowest BCUT2D eigenvalue weighted by molar-refractivity contribution is -0.127. The Hall–Kier alpha value is -2.24. The third-order valence-corrected chi connectivity index (χ3v) is 3.09. The van der Waals surface area contributed by atoms with Gasteiger partial charge in [0.2, 0.25) is 5.91 Å². The summed E-state index contributed by atoms with van der Waals surface area (Å²) in [5.74, 6) is -0.495. The van der Waals surface area contributed by atoms with Crippen molar-refractivity contribution in [3.8, 4) is 0 Å². The van der Waals surface area contributed by atoms with E-state index in [1.165, 1.54) is 4.90 Å². The number of benzene rings is 1. The number of para-hydroxylation sites is 1. The molecule has 0 aliphatic carbocycles. The fraction of sp³-hybridized carbons (Fsp3) is 0.467. The number of anilines is 2. The van der Waals surface area contributed by atoms with E-state index in [0.29, 0.717) is 23.5 Å². The lowest BCUT2D eigenvalue weighted by Gasteiger charge is -2.27. The van der Waals surface area contributed by atoms with Crippen LogP contribution in [0, 0.1) is 0 Å². The molecule has 0 heterocycles. The van der Waals surface area contributed by atoms with Gasteiger partial charge in [-0.15, -0.1) is 0 Å². The molecule has 1 aromatic rings. The molecule has 6 nitrogen and oxygen atoms in total. The van der Waals surface area contributed by atoms with Crippen molar-refractivity contribution in [1.82, 2.24) is 4.90 Å². The van der Waals surface area contributed by atoms with Crippen molar-refractivity contribution in [2.45, 2.75) is 13.8 Å². The number of hydrogen-bond acceptors (Lipinski definition) is 5. The van der Waals surface area contributed by atoms with Crippen LogP contribution >= 0.6 is 0 Å². The summed E-state index contributed by atoms with van der Waals surface area (Å²) in [5.41, 5.74) is 7.39. The second-order valence-electron chi connectivity index (χ2n) is 4.77. The zero-order valence-corrected chi connectivity index (χ0v) is 13.0. The summed E-state index contributed by atoms with van der Waals surface area (Å²) in [6, 6.07) is 5.07. The van der Waals surface area contributed by atoms with Gasteiger partial charge in [-0.3, -0.25) is 4.79 Å². The van der Waals surface area contributed by atoms with E-state index in [-0.39, 0.29) is 19.1 Å². The normalized spacial score (nSPS) is 10.1. The Morgan fingerprint density at radius 3 is 2.43 bits per heavy atom. The van der Waals surface area contributed by atoms with Crippen molar-refractivity contribution in [3.63, 3.8) is 0 Å². The Labute approximate surface area is 125 Å². The van der Waals surface area contributed by atoms with Crippen molar-refractivity contribution in [1.29, 1.82) is 0 Å². The zero-order chi connectivity index (χ0) is 16.0. The largest absolute Gasteiger partial charge is 0.462 e. The van der Waals surface area contributed by atoms with Crippen LogP contribution < -0.4 is 10.6 Å². The third-order valence-electron chi connectivity index (χ3n) is 3.09. The van der Waals surface area contributed by atoms with Gasteiger partial charge in [-0.25, -0.2) is 4.79 Å². The van der Waals surface area contributed by atoms with Crippen LogP contribution in [0.15, 0.2) is 18.2 Å². The SMILES string of the molecule is CCOC(=O)c1cccc(N)c1N(CC)CC(=O)N(C)C. The third kappa shape index (κ3) is 4.11. The minimum Gasteiger partial charge on any atom is -0.462 e. The maximum Gasteiger partial charge on any atom is 0.340 e. The Morgan fingerprint density at radius 1 is 1.24 bits per heavy atom. The number of carbonyl (C=O) groups is 2. The molecule has 0 aliphatic heterocycles. The minimum absolute atomic E-state index is 0.0603. The van der Waals surface area contributed by atoms with E-state index in [1.54, 1.807) is 44.1 Å². The number of likely N-dealkylation sites (N-methyl/N-ethyl adjacent to an activating group) is 2. The molecule has 0 bridgehead atoms. The van der Waals surface area contributed by atoms with Gasteiger partial charge in [-0.05, 0) is 26.0 Å². The fourth-order valence-electron chi connectivity index (χ4n) is 1.94. The molecule has 0 fully saturated rings. The topological polar surface area (TPSA) is 75.9 Å². The molecule has 0 aromatic heterocycles. The summed E-state index contributed by atoms with van der Waals surface area (Å²) in [6.45, 7) is 4.65. The smallest absolute Gasteiger partial charge is 0.340 e. The number of nitrogen functional groups attached to an aromatic ring is 1. The molecule has 0 saturated heterocycles. The Balaban J connectivity index is 3.18. The van der Waals surface area contributed by atoms with E-state index in [9.17, 15) is 9.59 Å². The van der Waals surface area contributed by atoms with Gasteiger partial charge in [-0.2, -0.15) is 0 Å². The number of nitrogens with two attached hydrogens (primary N) is 1. The maximum absolute atomic E-state index is 12.1. The van der Waals surface area contributed by atoms with Crippen LogP contribution in [0.5, 0.6) is 0 Å². The van der Waals surface area contributed by atoms with E-state index in [4.69, 9.17) is 10.5 Å². The van der Waals surface area contributed by atoms with Crippen LogP contribution in [0.3, 0.4) is 0 Å². The molecule has 21 heavy (non-hydrogen) atoms. The lowest BCUT2D eigenvalue weighted by atomic mass is 10.1. The molecule has 1 amide bonds.